The standard InChI is InChI=1S/C13H17N3O/c1-4-15(2)13(17)10-16(3)12-7-5-11(9-14)6-8-12/h5-8H,4,10H2,1-3H3. The minimum absolute atomic E-state index is 0.0827. The van der Waals surface area contributed by atoms with E-state index in [0.29, 0.717) is 18.7 Å². The monoisotopic (exact) mass is 231 g/mol. The average molecular weight is 231 g/mol. The van der Waals surface area contributed by atoms with E-state index in [-0.39, 0.29) is 5.91 Å². The predicted molar refractivity (Wildman–Crippen MR) is 67.7 cm³/mol. The van der Waals surface area contributed by atoms with Crippen LogP contribution in [0.4, 0.5) is 5.69 Å². The van der Waals surface area contributed by atoms with Crippen LogP contribution in [-0.4, -0.2) is 38.0 Å². The Morgan fingerprint density at radius 1 is 1.29 bits per heavy atom. The van der Waals surface area contributed by atoms with E-state index in [1.165, 1.54) is 0 Å². The van der Waals surface area contributed by atoms with Gasteiger partial charge in [0.2, 0.25) is 5.91 Å². The molecule has 4 heteroatoms. The number of likely N-dealkylation sites (N-methyl/N-ethyl adjacent to an activating group) is 2. The summed E-state index contributed by atoms with van der Waals surface area (Å²) in [5.74, 6) is 0.0827. The number of nitriles is 1. The van der Waals surface area contributed by atoms with Crippen molar-refractivity contribution >= 4 is 11.6 Å². The molecule has 0 aliphatic rings. The van der Waals surface area contributed by atoms with Crippen LogP contribution in [0.3, 0.4) is 0 Å². The molecule has 1 rings (SSSR count). The summed E-state index contributed by atoms with van der Waals surface area (Å²) in [4.78, 5) is 15.3. The van der Waals surface area contributed by atoms with Crippen LogP contribution in [-0.2, 0) is 4.79 Å². The highest BCUT2D eigenvalue weighted by Gasteiger charge is 2.10. The average Bonchev–Trinajstić information content (AvgIpc) is 2.37. The molecule has 0 radical (unpaired) electrons. The molecule has 1 amide bonds. The summed E-state index contributed by atoms with van der Waals surface area (Å²) in [6, 6.07) is 9.26. The van der Waals surface area contributed by atoms with E-state index in [1.807, 2.05) is 31.0 Å². The van der Waals surface area contributed by atoms with Crippen molar-refractivity contribution in [2.24, 2.45) is 0 Å². The van der Waals surface area contributed by atoms with Crippen molar-refractivity contribution in [2.45, 2.75) is 6.92 Å². The van der Waals surface area contributed by atoms with Crippen LogP contribution in [0.2, 0.25) is 0 Å². The normalized spacial score (nSPS) is 9.53. The molecule has 0 N–H and O–H groups in total. The first-order valence-corrected chi connectivity index (χ1v) is 5.53. The lowest BCUT2D eigenvalue weighted by molar-refractivity contribution is -0.128. The van der Waals surface area contributed by atoms with Crippen molar-refractivity contribution in [1.29, 1.82) is 5.26 Å². The molecule has 0 heterocycles. The summed E-state index contributed by atoms with van der Waals surface area (Å²) in [6.07, 6.45) is 0. The van der Waals surface area contributed by atoms with Crippen LogP contribution in [0.15, 0.2) is 24.3 Å². The van der Waals surface area contributed by atoms with E-state index < -0.39 is 0 Å². The molecule has 4 nitrogen and oxygen atoms in total. The number of hydrogen-bond acceptors (Lipinski definition) is 3. The maximum Gasteiger partial charge on any atom is 0.241 e. The molecule has 0 aliphatic heterocycles. The van der Waals surface area contributed by atoms with Gasteiger partial charge < -0.3 is 9.80 Å². The van der Waals surface area contributed by atoms with Gasteiger partial charge in [0.25, 0.3) is 0 Å². The highest BCUT2D eigenvalue weighted by atomic mass is 16.2. The second-order valence-electron chi connectivity index (χ2n) is 3.92. The van der Waals surface area contributed by atoms with Crippen molar-refractivity contribution in [1.82, 2.24) is 4.90 Å². The topological polar surface area (TPSA) is 47.3 Å². The van der Waals surface area contributed by atoms with Crippen molar-refractivity contribution < 1.29 is 4.79 Å². The summed E-state index contributed by atoms with van der Waals surface area (Å²) in [5.41, 5.74) is 1.56. The molecule has 0 saturated carbocycles. The largest absolute Gasteiger partial charge is 0.365 e. The third kappa shape index (κ3) is 3.49. The Hall–Kier alpha value is -2.02. The molecule has 0 fully saturated rings. The third-order valence-corrected chi connectivity index (χ3v) is 2.71. The summed E-state index contributed by atoms with van der Waals surface area (Å²) in [6.45, 7) is 3.00. The van der Waals surface area contributed by atoms with Crippen molar-refractivity contribution in [3.8, 4) is 6.07 Å². The smallest absolute Gasteiger partial charge is 0.241 e. The Kier molecular flexibility index (Phi) is 4.53. The van der Waals surface area contributed by atoms with Gasteiger partial charge in [0.15, 0.2) is 0 Å². The summed E-state index contributed by atoms with van der Waals surface area (Å²) in [7, 11) is 3.65. The molecule has 0 aliphatic carbocycles. The SMILES string of the molecule is CCN(C)C(=O)CN(C)c1ccc(C#N)cc1. The second-order valence-corrected chi connectivity index (χ2v) is 3.92. The number of benzene rings is 1. The summed E-state index contributed by atoms with van der Waals surface area (Å²) in [5, 5.41) is 8.69. The lowest BCUT2D eigenvalue weighted by Crippen LogP contribution is -2.36. The molecule has 0 unspecified atom stereocenters. The fourth-order valence-electron chi connectivity index (χ4n) is 1.38. The van der Waals surface area contributed by atoms with E-state index in [9.17, 15) is 4.79 Å². The van der Waals surface area contributed by atoms with Gasteiger partial charge in [-0.2, -0.15) is 5.26 Å². The Morgan fingerprint density at radius 3 is 2.35 bits per heavy atom. The van der Waals surface area contributed by atoms with Gasteiger partial charge in [-0.1, -0.05) is 0 Å². The van der Waals surface area contributed by atoms with Gasteiger partial charge in [0.1, 0.15) is 0 Å². The van der Waals surface area contributed by atoms with Crippen molar-refractivity contribution in [2.75, 3.05) is 32.1 Å². The summed E-state index contributed by atoms with van der Waals surface area (Å²) >= 11 is 0. The molecule has 0 bridgehead atoms. The van der Waals surface area contributed by atoms with Gasteiger partial charge in [0.05, 0.1) is 18.2 Å². The zero-order valence-corrected chi connectivity index (χ0v) is 10.5. The molecule has 0 aromatic heterocycles. The fourth-order valence-corrected chi connectivity index (χ4v) is 1.38. The van der Waals surface area contributed by atoms with Gasteiger partial charge in [0, 0.05) is 26.3 Å². The van der Waals surface area contributed by atoms with E-state index in [0.717, 1.165) is 5.69 Å². The predicted octanol–water partition coefficient (Wildman–Crippen LogP) is 1.47. The minimum atomic E-state index is 0.0827. The Morgan fingerprint density at radius 2 is 1.88 bits per heavy atom. The molecule has 0 spiro atoms. The lowest BCUT2D eigenvalue weighted by Gasteiger charge is -2.22. The number of nitrogens with zero attached hydrogens (tertiary/aromatic N) is 3. The molecular formula is C13H17N3O. The number of anilines is 1. The molecule has 17 heavy (non-hydrogen) atoms. The zero-order valence-electron chi connectivity index (χ0n) is 10.5. The maximum atomic E-state index is 11.7. The Labute approximate surface area is 102 Å². The van der Waals surface area contributed by atoms with Crippen LogP contribution >= 0.6 is 0 Å². The Balaban J connectivity index is 2.67. The fraction of sp³-hybridized carbons (Fsp3) is 0.385. The van der Waals surface area contributed by atoms with Gasteiger partial charge >= 0.3 is 0 Å². The van der Waals surface area contributed by atoms with Crippen LogP contribution < -0.4 is 4.90 Å². The molecule has 1 aromatic rings. The first-order chi connectivity index (χ1) is 8.08. The Bertz CT molecular complexity index is 419. The van der Waals surface area contributed by atoms with E-state index in [4.69, 9.17) is 5.26 Å². The van der Waals surface area contributed by atoms with Crippen molar-refractivity contribution in [3.05, 3.63) is 29.8 Å². The molecule has 0 atom stereocenters. The van der Waals surface area contributed by atoms with Gasteiger partial charge in [-0.25, -0.2) is 0 Å². The highest BCUT2D eigenvalue weighted by Crippen LogP contribution is 2.13. The van der Waals surface area contributed by atoms with Crippen molar-refractivity contribution in [3.63, 3.8) is 0 Å². The number of hydrogen-bond donors (Lipinski definition) is 0. The van der Waals surface area contributed by atoms with Crippen LogP contribution in [0.25, 0.3) is 0 Å². The highest BCUT2D eigenvalue weighted by molar-refractivity contribution is 5.81. The van der Waals surface area contributed by atoms with Gasteiger partial charge in [-0.05, 0) is 31.2 Å². The third-order valence-electron chi connectivity index (χ3n) is 2.71. The minimum Gasteiger partial charge on any atom is -0.365 e. The summed E-state index contributed by atoms with van der Waals surface area (Å²) < 4.78 is 0. The first-order valence-electron chi connectivity index (χ1n) is 5.53. The number of rotatable bonds is 4. The van der Waals surface area contributed by atoms with Gasteiger partial charge in [-0.15, -0.1) is 0 Å². The maximum absolute atomic E-state index is 11.7. The first kappa shape index (κ1) is 13.0. The van der Waals surface area contributed by atoms with E-state index in [2.05, 4.69) is 6.07 Å². The quantitative estimate of drug-likeness (QED) is 0.788. The van der Waals surface area contributed by atoms with E-state index >= 15 is 0 Å². The zero-order chi connectivity index (χ0) is 12.8. The van der Waals surface area contributed by atoms with Crippen LogP contribution in [0.1, 0.15) is 12.5 Å². The molecule has 0 saturated heterocycles. The molecule has 90 valence electrons. The second kappa shape index (κ2) is 5.90. The molecule has 1 aromatic carbocycles. The lowest BCUT2D eigenvalue weighted by atomic mass is 10.2. The van der Waals surface area contributed by atoms with E-state index in [1.54, 1.807) is 24.1 Å². The van der Waals surface area contributed by atoms with Crippen LogP contribution in [0, 0.1) is 11.3 Å². The number of amides is 1. The van der Waals surface area contributed by atoms with Crippen LogP contribution in [0.5, 0.6) is 0 Å². The molecular weight excluding hydrogens is 214 g/mol. The van der Waals surface area contributed by atoms with Gasteiger partial charge in [-0.3, -0.25) is 4.79 Å². The number of carbonyl (C=O) groups excluding carboxylic acids is 1. The number of carbonyl (C=O) groups is 1.